The molecule has 2 atom stereocenters. The molecule has 0 fully saturated rings. The van der Waals surface area contributed by atoms with Gasteiger partial charge < -0.3 is 20.1 Å². The Bertz CT molecular complexity index is 381. The molecule has 0 heterocycles. The number of aliphatic hydroxyl groups excluding tert-OH is 1. The lowest BCUT2D eigenvalue weighted by Crippen LogP contribution is -2.57. The van der Waals surface area contributed by atoms with Crippen molar-refractivity contribution in [2.24, 2.45) is 0 Å². The lowest BCUT2D eigenvalue weighted by molar-refractivity contribution is -0.175. The van der Waals surface area contributed by atoms with E-state index < -0.39 is 35.7 Å². The van der Waals surface area contributed by atoms with Gasteiger partial charge >= 0.3 is 12.0 Å². The third-order valence-electron chi connectivity index (χ3n) is 2.59. The second-order valence-electron chi connectivity index (χ2n) is 5.93. The molecule has 0 spiro atoms. The smallest absolute Gasteiger partial charge is 0.407 e. The van der Waals surface area contributed by atoms with Crippen LogP contribution >= 0.6 is 0 Å². The van der Waals surface area contributed by atoms with Crippen LogP contribution in [0.1, 0.15) is 34.1 Å². The average molecular weight is 310 g/mol. The average Bonchev–Trinajstić information content (AvgIpc) is 2.31. The van der Waals surface area contributed by atoms with Gasteiger partial charge in [-0.25, -0.2) is 4.79 Å². The van der Waals surface area contributed by atoms with Gasteiger partial charge in [0.15, 0.2) is 0 Å². The maximum atomic E-state index is 13.9. The Balaban J connectivity index is 4.95. The predicted molar refractivity (Wildman–Crippen MR) is 73.1 cm³/mol. The third kappa shape index (κ3) is 5.82. The number of ether oxygens (including phenoxy) is 1. The number of nitrogens with zero attached hydrogens (tertiary/aromatic N) is 1. The van der Waals surface area contributed by atoms with Crippen molar-refractivity contribution in [3.05, 3.63) is 0 Å². The highest BCUT2D eigenvalue weighted by atomic mass is 19.3. The summed E-state index contributed by atoms with van der Waals surface area (Å²) in [7, 11) is 2.32. The van der Waals surface area contributed by atoms with Crippen molar-refractivity contribution in [2.45, 2.75) is 57.8 Å². The first-order valence-electron chi connectivity index (χ1n) is 6.60. The van der Waals surface area contributed by atoms with Gasteiger partial charge in [-0.05, 0) is 27.2 Å². The van der Waals surface area contributed by atoms with Crippen LogP contribution < -0.4 is 5.32 Å². The van der Waals surface area contributed by atoms with Crippen LogP contribution in [0.4, 0.5) is 13.6 Å². The van der Waals surface area contributed by atoms with E-state index >= 15 is 0 Å². The Kier molecular flexibility index (Phi) is 6.54. The van der Waals surface area contributed by atoms with Crippen molar-refractivity contribution in [3.63, 3.8) is 0 Å². The molecule has 0 radical (unpaired) electrons. The van der Waals surface area contributed by atoms with E-state index in [0.717, 1.165) is 14.1 Å². The number of amides is 2. The van der Waals surface area contributed by atoms with E-state index in [2.05, 4.69) is 5.32 Å². The molecule has 21 heavy (non-hydrogen) atoms. The van der Waals surface area contributed by atoms with Gasteiger partial charge in [0.1, 0.15) is 11.7 Å². The van der Waals surface area contributed by atoms with Gasteiger partial charge in [-0.3, -0.25) is 4.79 Å². The van der Waals surface area contributed by atoms with E-state index in [1.807, 2.05) is 0 Å². The van der Waals surface area contributed by atoms with Crippen molar-refractivity contribution in [2.75, 3.05) is 14.1 Å². The Morgan fingerprint density at radius 1 is 1.29 bits per heavy atom. The van der Waals surface area contributed by atoms with E-state index in [1.165, 1.54) is 6.92 Å². The highest BCUT2D eigenvalue weighted by Gasteiger charge is 2.51. The van der Waals surface area contributed by atoms with Crippen LogP contribution in [0, 0.1) is 0 Å². The molecule has 0 aromatic heterocycles. The number of nitrogens with one attached hydrogen (secondary N) is 1. The number of aliphatic hydroxyl groups is 1. The number of carbonyl (C=O) groups is 2. The van der Waals surface area contributed by atoms with Crippen LogP contribution in [-0.4, -0.2) is 59.8 Å². The fourth-order valence-corrected chi connectivity index (χ4v) is 1.54. The van der Waals surface area contributed by atoms with E-state index in [1.54, 1.807) is 20.8 Å². The minimum absolute atomic E-state index is 0.0106. The third-order valence-corrected chi connectivity index (χ3v) is 2.59. The van der Waals surface area contributed by atoms with Crippen molar-refractivity contribution >= 4 is 12.0 Å². The SMILES string of the molecule is CCC(NC(=O)OC(C)(C)C)C(O)C(F)(F)C(=O)N(C)C. The van der Waals surface area contributed by atoms with Gasteiger partial charge in [-0.2, -0.15) is 8.78 Å². The van der Waals surface area contributed by atoms with Crippen molar-refractivity contribution in [3.8, 4) is 0 Å². The molecule has 0 rings (SSSR count). The maximum Gasteiger partial charge on any atom is 0.407 e. The highest BCUT2D eigenvalue weighted by molar-refractivity contribution is 5.84. The molecular formula is C13H24F2N2O4. The van der Waals surface area contributed by atoms with Crippen molar-refractivity contribution < 1.29 is 28.2 Å². The minimum Gasteiger partial charge on any atom is -0.444 e. The van der Waals surface area contributed by atoms with E-state index in [9.17, 15) is 23.5 Å². The van der Waals surface area contributed by atoms with Gasteiger partial charge in [0.25, 0.3) is 5.91 Å². The monoisotopic (exact) mass is 310 g/mol. The molecule has 0 aliphatic carbocycles. The molecule has 0 aliphatic rings. The number of alkyl carbamates (subject to hydrolysis) is 1. The van der Waals surface area contributed by atoms with E-state index in [-0.39, 0.29) is 6.42 Å². The summed E-state index contributed by atoms with van der Waals surface area (Å²) in [6, 6.07) is -1.31. The number of hydrogen-bond donors (Lipinski definition) is 2. The fourth-order valence-electron chi connectivity index (χ4n) is 1.54. The largest absolute Gasteiger partial charge is 0.444 e. The summed E-state index contributed by atoms with van der Waals surface area (Å²) in [4.78, 5) is 23.7. The lowest BCUT2D eigenvalue weighted by Gasteiger charge is -2.31. The van der Waals surface area contributed by atoms with Crippen LogP contribution in [0.5, 0.6) is 0 Å². The van der Waals surface area contributed by atoms with Gasteiger partial charge in [0.2, 0.25) is 0 Å². The molecule has 0 bridgehead atoms. The van der Waals surface area contributed by atoms with Gasteiger partial charge in [-0.15, -0.1) is 0 Å². The van der Waals surface area contributed by atoms with E-state index in [0.29, 0.717) is 4.90 Å². The van der Waals surface area contributed by atoms with Crippen molar-refractivity contribution in [1.29, 1.82) is 0 Å². The molecule has 2 N–H and O–H groups in total. The summed E-state index contributed by atoms with van der Waals surface area (Å²) in [5, 5.41) is 11.9. The molecule has 0 saturated carbocycles. The standard InChI is InChI=1S/C13H24F2N2O4/c1-7-8(16-11(20)21-12(2,3)4)9(18)13(14,15)10(19)17(5)6/h8-9,18H,7H2,1-6H3,(H,16,20). The zero-order valence-corrected chi connectivity index (χ0v) is 13.2. The molecule has 0 aromatic rings. The first-order chi connectivity index (χ1) is 9.32. The summed E-state index contributed by atoms with van der Waals surface area (Å²) in [5.41, 5.74) is -0.796. The Hall–Kier alpha value is -1.44. The Labute approximate surface area is 123 Å². The fraction of sp³-hybridized carbons (Fsp3) is 0.846. The molecule has 0 aliphatic heterocycles. The second kappa shape index (κ2) is 7.02. The molecule has 0 aromatic carbocycles. The Morgan fingerprint density at radius 3 is 2.10 bits per heavy atom. The molecule has 8 heteroatoms. The normalized spacial score (nSPS) is 15.1. The minimum atomic E-state index is -4.00. The Morgan fingerprint density at radius 2 is 1.76 bits per heavy atom. The highest BCUT2D eigenvalue weighted by Crippen LogP contribution is 2.24. The molecule has 124 valence electrons. The summed E-state index contributed by atoms with van der Waals surface area (Å²) in [6.07, 6.45) is -3.26. The van der Waals surface area contributed by atoms with Crippen LogP contribution in [0.25, 0.3) is 0 Å². The van der Waals surface area contributed by atoms with Crippen molar-refractivity contribution in [1.82, 2.24) is 10.2 Å². The zero-order valence-electron chi connectivity index (χ0n) is 13.2. The van der Waals surface area contributed by atoms with Crippen LogP contribution in [0.3, 0.4) is 0 Å². The van der Waals surface area contributed by atoms with Gasteiger partial charge in [-0.1, -0.05) is 6.92 Å². The zero-order chi connectivity index (χ0) is 17.0. The lowest BCUT2D eigenvalue weighted by atomic mass is 10.0. The summed E-state index contributed by atoms with van der Waals surface area (Å²) in [5.74, 6) is -5.53. The first kappa shape index (κ1) is 19.6. The number of alkyl halides is 2. The maximum absolute atomic E-state index is 13.9. The number of halogens is 2. The number of carbonyl (C=O) groups excluding carboxylic acids is 2. The van der Waals surface area contributed by atoms with E-state index in [4.69, 9.17) is 4.74 Å². The predicted octanol–water partition coefficient (Wildman–Crippen LogP) is 1.37. The number of rotatable bonds is 5. The summed E-state index contributed by atoms with van der Waals surface area (Å²) in [6.45, 7) is 6.36. The molecule has 2 amide bonds. The summed E-state index contributed by atoms with van der Waals surface area (Å²) < 4.78 is 32.6. The van der Waals surface area contributed by atoms with Crippen LogP contribution in [-0.2, 0) is 9.53 Å². The second-order valence-corrected chi connectivity index (χ2v) is 5.93. The van der Waals surface area contributed by atoms with Gasteiger partial charge in [0.05, 0.1) is 6.04 Å². The topological polar surface area (TPSA) is 78.9 Å². The molecule has 2 unspecified atom stereocenters. The molecule has 6 nitrogen and oxygen atoms in total. The molecule has 0 saturated heterocycles. The quantitative estimate of drug-likeness (QED) is 0.804. The molecular weight excluding hydrogens is 286 g/mol. The summed E-state index contributed by atoms with van der Waals surface area (Å²) >= 11 is 0. The first-order valence-corrected chi connectivity index (χ1v) is 6.60. The van der Waals surface area contributed by atoms with Crippen LogP contribution in [0.2, 0.25) is 0 Å². The van der Waals surface area contributed by atoms with Crippen LogP contribution in [0.15, 0.2) is 0 Å². The van der Waals surface area contributed by atoms with Gasteiger partial charge in [0, 0.05) is 14.1 Å². The number of hydrogen-bond acceptors (Lipinski definition) is 4.